The van der Waals surface area contributed by atoms with Gasteiger partial charge in [-0.2, -0.15) is 0 Å². The maximum Gasteiger partial charge on any atom is 0.236 e. The van der Waals surface area contributed by atoms with Crippen molar-refractivity contribution in [3.63, 3.8) is 0 Å². The second kappa shape index (κ2) is 16.3. The summed E-state index contributed by atoms with van der Waals surface area (Å²) in [5.41, 5.74) is 2.87. The number of hydrogen-bond acceptors (Lipinski definition) is 5. The Labute approximate surface area is 206 Å². The standard InChI is InChI=1S/C19H21NO3.C8H19N.CH4O/c1-3-13-5-4-6-14(11-13)17-12-18(21)20(19(17)22)15-7-9-16(23-2)10-8-15;1-4-7-9(6-3)8-5-2;1-2/h4-11,17-18,21H,3,12H2,1-2H3;4-8H2,1-3H3;2H,1H3. The van der Waals surface area contributed by atoms with Crippen LogP contribution in [-0.4, -0.2) is 61.1 Å². The molecule has 6 heteroatoms. The molecule has 2 aromatic carbocycles. The molecule has 1 fully saturated rings. The zero-order chi connectivity index (χ0) is 25.5. The number of ether oxygens (including phenoxy) is 1. The molecule has 34 heavy (non-hydrogen) atoms. The second-order valence-electron chi connectivity index (χ2n) is 8.21. The van der Waals surface area contributed by atoms with Gasteiger partial charge in [0.05, 0.1) is 13.0 Å². The van der Waals surface area contributed by atoms with E-state index >= 15 is 0 Å². The number of anilines is 1. The first kappa shape index (κ1) is 29.6. The number of hydrogen-bond donors (Lipinski definition) is 2. The predicted molar refractivity (Wildman–Crippen MR) is 141 cm³/mol. The van der Waals surface area contributed by atoms with Crippen LogP contribution >= 0.6 is 0 Å². The summed E-state index contributed by atoms with van der Waals surface area (Å²) in [6.07, 6.45) is 3.12. The lowest BCUT2D eigenvalue weighted by molar-refractivity contribution is -0.118. The van der Waals surface area contributed by atoms with Crippen molar-refractivity contribution in [2.45, 2.75) is 65.5 Å². The molecule has 1 heterocycles. The lowest BCUT2D eigenvalue weighted by Crippen LogP contribution is -2.33. The van der Waals surface area contributed by atoms with Crippen molar-refractivity contribution in [3.8, 4) is 5.75 Å². The Kier molecular flexibility index (Phi) is 14.2. The summed E-state index contributed by atoms with van der Waals surface area (Å²) in [7, 11) is 2.60. The molecular formula is C28H44N2O4. The topological polar surface area (TPSA) is 73.2 Å². The minimum Gasteiger partial charge on any atom is -0.497 e. The molecule has 190 valence electrons. The van der Waals surface area contributed by atoms with Gasteiger partial charge < -0.3 is 19.8 Å². The van der Waals surface area contributed by atoms with Crippen LogP contribution < -0.4 is 9.64 Å². The van der Waals surface area contributed by atoms with E-state index in [0.717, 1.165) is 24.8 Å². The molecule has 2 unspecified atom stereocenters. The van der Waals surface area contributed by atoms with Gasteiger partial charge in [0.25, 0.3) is 0 Å². The molecule has 1 amide bonds. The highest BCUT2D eigenvalue weighted by Gasteiger charge is 2.40. The molecular weight excluding hydrogens is 428 g/mol. The van der Waals surface area contributed by atoms with Crippen LogP contribution in [-0.2, 0) is 11.2 Å². The molecule has 0 bridgehead atoms. The first-order chi connectivity index (χ1) is 16.5. The van der Waals surface area contributed by atoms with Crippen LogP contribution in [0.15, 0.2) is 48.5 Å². The highest BCUT2D eigenvalue weighted by Crippen LogP contribution is 2.36. The highest BCUT2D eigenvalue weighted by atomic mass is 16.5. The normalized spacial score (nSPS) is 17.1. The third kappa shape index (κ3) is 8.42. The van der Waals surface area contributed by atoms with Crippen molar-refractivity contribution in [2.75, 3.05) is 38.8 Å². The molecule has 2 N–H and O–H groups in total. The minimum absolute atomic E-state index is 0.0593. The van der Waals surface area contributed by atoms with E-state index < -0.39 is 6.23 Å². The van der Waals surface area contributed by atoms with E-state index in [1.807, 2.05) is 12.1 Å². The zero-order valence-corrected chi connectivity index (χ0v) is 21.8. The summed E-state index contributed by atoms with van der Waals surface area (Å²) in [5.74, 6) is 0.372. The third-order valence-electron chi connectivity index (χ3n) is 5.92. The van der Waals surface area contributed by atoms with Gasteiger partial charge in [-0.05, 0) is 74.3 Å². The molecule has 6 nitrogen and oxygen atoms in total. The number of nitrogens with zero attached hydrogens (tertiary/aromatic N) is 2. The molecule has 0 saturated carbocycles. The number of aliphatic hydroxyl groups is 2. The lowest BCUT2D eigenvalue weighted by Gasteiger charge is -2.21. The Bertz CT molecular complexity index is 819. The van der Waals surface area contributed by atoms with E-state index in [-0.39, 0.29) is 11.8 Å². The van der Waals surface area contributed by atoms with E-state index in [0.29, 0.717) is 12.1 Å². The fourth-order valence-corrected chi connectivity index (χ4v) is 4.14. The van der Waals surface area contributed by atoms with Crippen LogP contribution in [0.4, 0.5) is 5.69 Å². The van der Waals surface area contributed by atoms with Gasteiger partial charge in [0.1, 0.15) is 12.0 Å². The van der Waals surface area contributed by atoms with Crippen molar-refractivity contribution in [3.05, 3.63) is 59.7 Å². The Morgan fingerprint density at radius 3 is 2.12 bits per heavy atom. The molecule has 0 radical (unpaired) electrons. The number of aryl methyl sites for hydroxylation is 1. The Balaban J connectivity index is 0.000000446. The first-order valence-corrected chi connectivity index (χ1v) is 12.4. The van der Waals surface area contributed by atoms with Crippen molar-refractivity contribution < 1.29 is 19.7 Å². The largest absolute Gasteiger partial charge is 0.497 e. The number of rotatable bonds is 9. The molecule has 0 aliphatic carbocycles. The average Bonchev–Trinajstić information content (AvgIpc) is 3.19. The molecule has 0 spiro atoms. The van der Waals surface area contributed by atoms with Crippen molar-refractivity contribution >= 4 is 11.6 Å². The number of carbonyl (C=O) groups excluding carboxylic acids is 1. The molecule has 1 aliphatic heterocycles. The van der Waals surface area contributed by atoms with Gasteiger partial charge in [0.15, 0.2) is 0 Å². The van der Waals surface area contributed by atoms with E-state index in [2.05, 4.69) is 44.7 Å². The Morgan fingerprint density at radius 1 is 1.00 bits per heavy atom. The summed E-state index contributed by atoms with van der Waals surface area (Å²) in [6.45, 7) is 12.5. The molecule has 2 atom stereocenters. The van der Waals surface area contributed by atoms with Crippen molar-refractivity contribution in [1.82, 2.24) is 4.90 Å². The Morgan fingerprint density at radius 2 is 1.62 bits per heavy atom. The fourth-order valence-electron chi connectivity index (χ4n) is 4.14. The van der Waals surface area contributed by atoms with E-state index in [9.17, 15) is 9.90 Å². The zero-order valence-electron chi connectivity index (χ0n) is 21.8. The summed E-state index contributed by atoms with van der Waals surface area (Å²) < 4.78 is 5.14. The van der Waals surface area contributed by atoms with Gasteiger partial charge in [0.2, 0.25) is 5.91 Å². The van der Waals surface area contributed by atoms with Crippen LogP contribution in [0.25, 0.3) is 0 Å². The first-order valence-electron chi connectivity index (χ1n) is 12.4. The van der Waals surface area contributed by atoms with Crippen LogP contribution in [0.2, 0.25) is 0 Å². The van der Waals surface area contributed by atoms with Crippen molar-refractivity contribution in [2.24, 2.45) is 0 Å². The van der Waals surface area contributed by atoms with Gasteiger partial charge in [-0.1, -0.05) is 52.0 Å². The molecule has 1 saturated heterocycles. The quantitative estimate of drug-likeness (QED) is 0.547. The monoisotopic (exact) mass is 472 g/mol. The summed E-state index contributed by atoms with van der Waals surface area (Å²) in [4.78, 5) is 16.8. The summed E-state index contributed by atoms with van der Waals surface area (Å²) in [5, 5.41) is 17.4. The van der Waals surface area contributed by atoms with E-state index in [1.54, 1.807) is 31.4 Å². The van der Waals surface area contributed by atoms with Crippen molar-refractivity contribution in [1.29, 1.82) is 0 Å². The number of carbonyl (C=O) groups is 1. The summed E-state index contributed by atoms with van der Waals surface area (Å²) in [6, 6.07) is 15.2. The van der Waals surface area contributed by atoms with Crippen LogP contribution in [0.3, 0.4) is 0 Å². The maximum atomic E-state index is 12.8. The smallest absolute Gasteiger partial charge is 0.236 e. The fraction of sp³-hybridized carbons (Fsp3) is 0.536. The number of aliphatic hydroxyl groups excluding tert-OH is 2. The van der Waals surface area contributed by atoms with E-state index in [4.69, 9.17) is 9.84 Å². The summed E-state index contributed by atoms with van der Waals surface area (Å²) >= 11 is 0. The maximum absolute atomic E-state index is 12.8. The number of amides is 1. The van der Waals surface area contributed by atoms with Crippen LogP contribution in [0.1, 0.15) is 64.0 Å². The molecule has 3 rings (SSSR count). The Hall–Kier alpha value is -2.41. The SMILES string of the molecule is CCCN(CC)CCC.CCc1cccc(C2CC(O)N(c3ccc(OC)cc3)C2=O)c1.CO. The van der Waals surface area contributed by atoms with Crippen LogP contribution in [0.5, 0.6) is 5.75 Å². The molecule has 1 aliphatic rings. The third-order valence-corrected chi connectivity index (χ3v) is 5.92. The highest BCUT2D eigenvalue weighted by molar-refractivity contribution is 6.00. The van der Waals surface area contributed by atoms with E-state index in [1.165, 1.54) is 42.9 Å². The second-order valence-corrected chi connectivity index (χ2v) is 8.21. The number of methoxy groups -OCH3 is 1. The average molecular weight is 473 g/mol. The molecule has 0 aromatic heterocycles. The van der Waals surface area contributed by atoms with Gasteiger partial charge in [-0.15, -0.1) is 0 Å². The van der Waals surface area contributed by atoms with Gasteiger partial charge in [-0.25, -0.2) is 0 Å². The number of benzene rings is 2. The van der Waals surface area contributed by atoms with Gasteiger partial charge in [-0.3, -0.25) is 9.69 Å². The van der Waals surface area contributed by atoms with Gasteiger partial charge in [0, 0.05) is 19.2 Å². The minimum atomic E-state index is -0.800. The van der Waals surface area contributed by atoms with Crippen LogP contribution in [0, 0.1) is 0 Å². The predicted octanol–water partition coefficient (Wildman–Crippen LogP) is 4.83. The molecule has 2 aromatic rings. The van der Waals surface area contributed by atoms with Gasteiger partial charge >= 0.3 is 0 Å². The lowest BCUT2D eigenvalue weighted by atomic mass is 9.95.